The summed E-state index contributed by atoms with van der Waals surface area (Å²) >= 11 is 0. The molecule has 0 radical (unpaired) electrons. The van der Waals surface area contributed by atoms with Gasteiger partial charge in [0, 0.05) is 44.3 Å². The van der Waals surface area contributed by atoms with Crippen LogP contribution in [0.4, 0.5) is 10.6 Å². The molecule has 1 aliphatic carbocycles. The van der Waals surface area contributed by atoms with Gasteiger partial charge in [0.15, 0.2) is 0 Å². The first kappa shape index (κ1) is 30.5. The van der Waals surface area contributed by atoms with E-state index in [1.807, 2.05) is 30.3 Å². The van der Waals surface area contributed by atoms with E-state index in [-0.39, 0.29) is 18.0 Å². The summed E-state index contributed by atoms with van der Waals surface area (Å²) in [7, 11) is 4.28. The van der Waals surface area contributed by atoms with Crippen molar-refractivity contribution in [3.05, 3.63) is 35.9 Å². The highest BCUT2D eigenvalue weighted by Gasteiger charge is 2.25. The van der Waals surface area contributed by atoms with E-state index in [0.717, 1.165) is 93.6 Å². The zero-order valence-corrected chi connectivity index (χ0v) is 25.5. The molecule has 1 aromatic heterocycles. The Kier molecular flexibility index (Phi) is 10.9. The number of piperidine rings is 1. The first-order valence-electron chi connectivity index (χ1n) is 16.0. The van der Waals surface area contributed by atoms with Crippen LogP contribution in [-0.4, -0.2) is 88.0 Å². The molecule has 0 bridgehead atoms. The van der Waals surface area contributed by atoms with E-state index in [1.54, 1.807) is 0 Å². The number of carbonyl (C=O) groups is 2. The number of fused-ring (bicyclic) bond motifs is 1. The first-order chi connectivity index (χ1) is 20.4. The molecule has 9 heteroatoms. The Morgan fingerprint density at radius 2 is 1.69 bits per heavy atom. The molecule has 3 fully saturated rings. The molecule has 3 heterocycles. The fourth-order valence-corrected chi connectivity index (χ4v) is 6.58. The zero-order valence-electron chi connectivity index (χ0n) is 25.5. The second-order valence-corrected chi connectivity index (χ2v) is 12.8. The Hall–Kier alpha value is -2.91. The van der Waals surface area contributed by atoms with E-state index >= 15 is 0 Å². The minimum Gasteiger partial charge on any atom is -0.449 e. The van der Waals surface area contributed by atoms with E-state index in [0.29, 0.717) is 43.8 Å². The molecule has 0 spiro atoms. The second-order valence-electron chi connectivity index (χ2n) is 12.8. The normalized spacial score (nSPS) is 22.3. The molecule has 1 aromatic carbocycles. The van der Waals surface area contributed by atoms with Crippen LogP contribution >= 0.6 is 0 Å². The summed E-state index contributed by atoms with van der Waals surface area (Å²) in [5.41, 5.74) is 1.58. The topological polar surface area (TPSA) is 96.0 Å². The maximum absolute atomic E-state index is 13.5. The van der Waals surface area contributed by atoms with Gasteiger partial charge >= 0.3 is 6.09 Å². The number of carbonyl (C=O) groups excluding carboxylic acids is 2. The number of rotatable bonds is 10. The molecule has 2 amide bonds. The number of pyridine rings is 1. The van der Waals surface area contributed by atoms with E-state index < -0.39 is 0 Å². The third-order valence-corrected chi connectivity index (χ3v) is 9.38. The molecule has 2 aliphatic heterocycles. The van der Waals surface area contributed by atoms with Gasteiger partial charge in [-0.15, -0.1) is 0 Å². The molecule has 0 atom stereocenters. The van der Waals surface area contributed by atoms with E-state index in [1.165, 1.54) is 6.42 Å². The Labute approximate surface area is 250 Å². The Bertz CT molecular complexity index is 1170. The molecular weight excluding hydrogens is 530 g/mol. The van der Waals surface area contributed by atoms with Crippen molar-refractivity contribution in [3.8, 4) is 0 Å². The molecule has 0 unspecified atom stereocenters. The summed E-state index contributed by atoms with van der Waals surface area (Å²) < 4.78 is 10.9. The highest BCUT2D eigenvalue weighted by molar-refractivity contribution is 6.07. The van der Waals surface area contributed by atoms with Crippen LogP contribution in [0.2, 0.25) is 0 Å². The molecule has 2 saturated heterocycles. The monoisotopic (exact) mass is 579 g/mol. The predicted octanol–water partition coefficient (Wildman–Crippen LogP) is 4.84. The van der Waals surface area contributed by atoms with Gasteiger partial charge in [0.1, 0.15) is 5.82 Å². The number of benzene rings is 1. The van der Waals surface area contributed by atoms with Crippen LogP contribution < -0.4 is 15.5 Å². The number of amides is 2. The third kappa shape index (κ3) is 8.57. The van der Waals surface area contributed by atoms with Crippen molar-refractivity contribution in [3.63, 3.8) is 0 Å². The molecular formula is C33H49N5O4. The summed E-state index contributed by atoms with van der Waals surface area (Å²) in [6.45, 7) is 5.61. The van der Waals surface area contributed by atoms with Gasteiger partial charge in [-0.1, -0.05) is 18.2 Å². The Balaban J connectivity index is 1.09. The SMILES string of the molecule is CN(C)CCC1CCN(c2cc(C(=O)NCC3CCC(COC(=O)NC4CCOCC4)CC3)c3ccccc3n2)CC1. The number of hydrogen-bond donors (Lipinski definition) is 2. The Morgan fingerprint density at radius 1 is 0.976 bits per heavy atom. The lowest BCUT2D eigenvalue weighted by Gasteiger charge is -2.33. The van der Waals surface area contributed by atoms with E-state index in [4.69, 9.17) is 14.5 Å². The van der Waals surface area contributed by atoms with Gasteiger partial charge in [0.25, 0.3) is 5.91 Å². The van der Waals surface area contributed by atoms with Gasteiger partial charge in [-0.25, -0.2) is 9.78 Å². The van der Waals surface area contributed by atoms with Crippen LogP contribution in [0.25, 0.3) is 10.9 Å². The predicted molar refractivity (Wildman–Crippen MR) is 166 cm³/mol. The lowest BCUT2D eigenvalue weighted by Crippen LogP contribution is -2.40. The number of hydrogen-bond acceptors (Lipinski definition) is 7. The lowest BCUT2D eigenvalue weighted by molar-refractivity contribution is 0.0685. The fourth-order valence-electron chi connectivity index (χ4n) is 6.58. The largest absolute Gasteiger partial charge is 0.449 e. The first-order valence-corrected chi connectivity index (χ1v) is 16.0. The smallest absolute Gasteiger partial charge is 0.407 e. The summed E-state index contributed by atoms with van der Waals surface area (Å²) in [4.78, 5) is 35.3. The zero-order chi connectivity index (χ0) is 29.3. The number of aromatic nitrogens is 1. The van der Waals surface area contributed by atoms with Crippen LogP contribution in [0.5, 0.6) is 0 Å². The number of nitrogens with zero attached hydrogens (tertiary/aromatic N) is 3. The van der Waals surface area contributed by atoms with Crippen molar-refractivity contribution in [2.45, 2.75) is 63.8 Å². The van der Waals surface area contributed by atoms with Crippen molar-refractivity contribution in [1.29, 1.82) is 0 Å². The van der Waals surface area contributed by atoms with E-state index in [2.05, 4.69) is 34.5 Å². The molecule has 1 saturated carbocycles. The quantitative estimate of drug-likeness (QED) is 0.416. The van der Waals surface area contributed by atoms with Gasteiger partial charge in [-0.3, -0.25) is 4.79 Å². The number of para-hydroxylation sites is 1. The number of ether oxygens (including phenoxy) is 2. The van der Waals surface area contributed by atoms with Gasteiger partial charge in [0.2, 0.25) is 0 Å². The van der Waals surface area contributed by atoms with Crippen LogP contribution in [0.1, 0.15) is 68.1 Å². The molecule has 5 rings (SSSR count). The second kappa shape index (κ2) is 15.0. The highest BCUT2D eigenvalue weighted by atomic mass is 16.5. The van der Waals surface area contributed by atoms with Crippen LogP contribution in [0, 0.1) is 17.8 Å². The van der Waals surface area contributed by atoms with Gasteiger partial charge in [-0.2, -0.15) is 0 Å². The maximum Gasteiger partial charge on any atom is 0.407 e. The average Bonchev–Trinajstić information content (AvgIpc) is 3.02. The third-order valence-electron chi connectivity index (χ3n) is 9.38. The van der Waals surface area contributed by atoms with Crippen LogP contribution in [0.15, 0.2) is 30.3 Å². The lowest BCUT2D eigenvalue weighted by atomic mass is 9.82. The van der Waals surface area contributed by atoms with Crippen LogP contribution in [-0.2, 0) is 9.47 Å². The highest BCUT2D eigenvalue weighted by Crippen LogP contribution is 2.30. The summed E-state index contributed by atoms with van der Waals surface area (Å²) in [6.07, 6.45) is 9.03. The van der Waals surface area contributed by atoms with Gasteiger partial charge in [-0.05, 0) is 108 Å². The summed E-state index contributed by atoms with van der Waals surface area (Å²) in [6, 6.07) is 10.1. The van der Waals surface area contributed by atoms with Crippen molar-refractivity contribution < 1.29 is 19.1 Å². The van der Waals surface area contributed by atoms with Crippen molar-refractivity contribution in [1.82, 2.24) is 20.5 Å². The minimum atomic E-state index is -0.311. The molecule has 2 aromatic rings. The van der Waals surface area contributed by atoms with Crippen molar-refractivity contribution in [2.24, 2.45) is 17.8 Å². The number of nitrogens with one attached hydrogen (secondary N) is 2. The molecule has 9 nitrogen and oxygen atoms in total. The molecule has 2 N–H and O–H groups in total. The van der Waals surface area contributed by atoms with Crippen molar-refractivity contribution >= 4 is 28.7 Å². The summed E-state index contributed by atoms with van der Waals surface area (Å²) in [5.74, 6) is 2.46. The van der Waals surface area contributed by atoms with Crippen molar-refractivity contribution in [2.75, 3.05) is 65.0 Å². The number of alkyl carbamates (subject to hydrolysis) is 1. The molecule has 42 heavy (non-hydrogen) atoms. The standard InChI is InChI=1S/C33H49N5O4/c1-37(2)16-11-24-12-17-38(18-13-24)31-21-29(28-5-3-4-6-30(28)36-31)32(39)34-22-25-7-9-26(10-8-25)23-42-33(40)35-27-14-19-41-20-15-27/h3-6,21,24-27H,7-20,22-23H2,1-2H3,(H,34,39)(H,35,40). The minimum absolute atomic E-state index is 0.0223. The molecule has 230 valence electrons. The number of anilines is 1. The summed E-state index contributed by atoms with van der Waals surface area (Å²) in [5, 5.41) is 7.11. The average molecular weight is 580 g/mol. The van der Waals surface area contributed by atoms with Crippen LogP contribution in [0.3, 0.4) is 0 Å². The molecule has 3 aliphatic rings. The fraction of sp³-hybridized carbons (Fsp3) is 0.667. The van der Waals surface area contributed by atoms with Gasteiger partial charge < -0.3 is 29.9 Å². The van der Waals surface area contributed by atoms with Gasteiger partial charge in [0.05, 0.1) is 17.7 Å². The maximum atomic E-state index is 13.5. The Morgan fingerprint density at radius 3 is 2.43 bits per heavy atom. The van der Waals surface area contributed by atoms with E-state index in [9.17, 15) is 9.59 Å².